The van der Waals surface area contributed by atoms with Gasteiger partial charge >= 0.3 is 6.09 Å². The van der Waals surface area contributed by atoms with Crippen LogP contribution in [0.5, 0.6) is 0 Å². The van der Waals surface area contributed by atoms with E-state index in [1.165, 1.54) is 17.7 Å². The van der Waals surface area contributed by atoms with Gasteiger partial charge in [-0.3, -0.25) is 24.2 Å². The highest BCUT2D eigenvalue weighted by molar-refractivity contribution is 6.06. The first-order valence-electron chi connectivity index (χ1n) is 22.9. The maximum absolute atomic E-state index is 14.0. The standard InChI is InChI=1S/C52H62N4O8/c1-33-45(30-55-43-17-11-9-14-37(43)26-27-44(55)48(59)54-52(2,3)4)63-50(64-47(33)38-20-18-34(31-57)19-21-38)39-24-22-36(23-25-39)41-16-10-8-15-40(41)29-56-46(58)28-42(49(56)60)53-51(61)62-32-35-12-6-5-7-13-35/h5-8,10,12-13,15-16,18-25,33,37,42-45,47,50,57H,9,11,14,17,26-32H2,1-4H3,(H,53,61)(H,54,59). The van der Waals surface area contributed by atoms with E-state index >= 15 is 0 Å². The number of piperidine rings is 1. The highest BCUT2D eigenvalue weighted by Gasteiger charge is 2.46. The van der Waals surface area contributed by atoms with Crippen LogP contribution in [0.25, 0.3) is 11.1 Å². The average Bonchev–Trinajstić information content (AvgIpc) is 3.56. The number of fused-ring (bicyclic) bond motifs is 1. The van der Waals surface area contributed by atoms with E-state index in [0.29, 0.717) is 18.5 Å². The highest BCUT2D eigenvalue weighted by atomic mass is 16.7. The maximum Gasteiger partial charge on any atom is 0.408 e. The van der Waals surface area contributed by atoms with Gasteiger partial charge in [0.25, 0.3) is 5.91 Å². The van der Waals surface area contributed by atoms with E-state index in [-0.39, 0.29) is 67.7 Å². The Morgan fingerprint density at radius 1 is 0.812 bits per heavy atom. The predicted octanol–water partition coefficient (Wildman–Crippen LogP) is 8.13. The minimum atomic E-state index is -1.01. The number of nitrogens with zero attached hydrogens (tertiary/aromatic N) is 2. The molecule has 0 radical (unpaired) electrons. The lowest BCUT2D eigenvalue weighted by atomic mass is 9.75. The molecule has 8 atom stereocenters. The summed E-state index contributed by atoms with van der Waals surface area (Å²) in [6.07, 6.45) is 4.34. The van der Waals surface area contributed by atoms with Crippen molar-refractivity contribution in [3.8, 4) is 11.1 Å². The molecule has 3 N–H and O–H groups in total. The summed E-state index contributed by atoms with van der Waals surface area (Å²) >= 11 is 0. The van der Waals surface area contributed by atoms with Gasteiger partial charge in [-0.1, -0.05) is 123 Å². The molecule has 8 unspecified atom stereocenters. The largest absolute Gasteiger partial charge is 0.445 e. The molecule has 1 aliphatic carbocycles. The molecule has 8 rings (SSSR count). The van der Waals surface area contributed by atoms with Gasteiger partial charge in [0.15, 0.2) is 6.29 Å². The molecule has 4 fully saturated rings. The molecular weight excluding hydrogens is 809 g/mol. The van der Waals surface area contributed by atoms with Gasteiger partial charge in [-0.15, -0.1) is 0 Å². The summed E-state index contributed by atoms with van der Waals surface area (Å²) < 4.78 is 19.2. The Kier molecular flexibility index (Phi) is 14.0. The van der Waals surface area contributed by atoms with Crippen LogP contribution in [0.3, 0.4) is 0 Å². The van der Waals surface area contributed by atoms with Gasteiger partial charge in [0.1, 0.15) is 12.6 Å². The van der Waals surface area contributed by atoms with E-state index in [0.717, 1.165) is 64.6 Å². The molecule has 338 valence electrons. The molecule has 0 bridgehead atoms. The van der Waals surface area contributed by atoms with Crippen LogP contribution in [-0.2, 0) is 48.4 Å². The Labute approximate surface area is 376 Å². The van der Waals surface area contributed by atoms with Crippen LogP contribution in [0.15, 0.2) is 103 Å². The predicted molar refractivity (Wildman–Crippen MR) is 242 cm³/mol. The first-order valence-corrected chi connectivity index (χ1v) is 22.9. The minimum Gasteiger partial charge on any atom is -0.445 e. The molecule has 3 aliphatic heterocycles. The van der Waals surface area contributed by atoms with E-state index in [2.05, 4.69) is 22.5 Å². The molecule has 12 nitrogen and oxygen atoms in total. The van der Waals surface area contributed by atoms with E-state index in [1.54, 1.807) is 0 Å². The second kappa shape index (κ2) is 19.8. The Hall–Kier alpha value is -5.40. The van der Waals surface area contributed by atoms with Gasteiger partial charge in [-0.25, -0.2) is 4.79 Å². The third kappa shape index (κ3) is 10.4. The smallest absolute Gasteiger partial charge is 0.408 e. The summed E-state index contributed by atoms with van der Waals surface area (Å²) in [6.45, 7) is 8.91. The Morgan fingerprint density at radius 2 is 1.52 bits per heavy atom. The number of alkyl carbamates (subject to hydrolysis) is 1. The van der Waals surface area contributed by atoms with Gasteiger partial charge in [0.2, 0.25) is 11.8 Å². The lowest BCUT2D eigenvalue weighted by molar-refractivity contribution is -0.278. The molecule has 64 heavy (non-hydrogen) atoms. The van der Waals surface area contributed by atoms with Crippen molar-refractivity contribution < 1.29 is 38.5 Å². The number of carbonyl (C=O) groups excluding carboxylic acids is 4. The van der Waals surface area contributed by atoms with Crippen molar-refractivity contribution in [2.75, 3.05) is 6.54 Å². The lowest BCUT2D eigenvalue weighted by Crippen LogP contribution is -2.61. The van der Waals surface area contributed by atoms with Crippen LogP contribution in [0.2, 0.25) is 0 Å². The van der Waals surface area contributed by atoms with Crippen LogP contribution in [-0.4, -0.2) is 75.0 Å². The fraction of sp³-hybridized carbons (Fsp3) is 0.462. The first kappa shape index (κ1) is 45.2. The van der Waals surface area contributed by atoms with Crippen molar-refractivity contribution in [1.82, 2.24) is 20.4 Å². The maximum atomic E-state index is 14.0. The number of aliphatic hydroxyl groups excluding tert-OH is 1. The fourth-order valence-electron chi connectivity index (χ4n) is 10.1. The van der Waals surface area contributed by atoms with Crippen molar-refractivity contribution in [2.45, 2.75) is 135 Å². The number of likely N-dealkylation sites (tertiary alicyclic amines) is 2. The van der Waals surface area contributed by atoms with Crippen molar-refractivity contribution in [1.29, 1.82) is 0 Å². The van der Waals surface area contributed by atoms with Gasteiger partial charge in [0.05, 0.1) is 37.8 Å². The number of amides is 4. The number of benzene rings is 4. The second-order valence-electron chi connectivity index (χ2n) is 19.0. The van der Waals surface area contributed by atoms with E-state index in [4.69, 9.17) is 14.2 Å². The molecule has 3 heterocycles. The number of ether oxygens (including phenoxy) is 3. The number of rotatable bonds is 12. The van der Waals surface area contributed by atoms with E-state index in [9.17, 15) is 24.3 Å². The Balaban J connectivity index is 1.01. The Morgan fingerprint density at radius 3 is 2.25 bits per heavy atom. The molecule has 4 aliphatic rings. The van der Waals surface area contributed by atoms with E-state index < -0.39 is 24.3 Å². The Bertz CT molecular complexity index is 2260. The number of hydrogen-bond acceptors (Lipinski definition) is 9. The monoisotopic (exact) mass is 870 g/mol. The van der Waals surface area contributed by atoms with E-state index in [1.807, 2.05) is 124 Å². The van der Waals surface area contributed by atoms with Crippen molar-refractivity contribution in [2.24, 2.45) is 11.8 Å². The summed E-state index contributed by atoms with van der Waals surface area (Å²) in [5.74, 6) is -0.265. The zero-order valence-electron chi connectivity index (χ0n) is 37.4. The topological polar surface area (TPSA) is 147 Å². The number of aliphatic hydroxyl groups is 1. The third-order valence-electron chi connectivity index (χ3n) is 13.4. The number of nitrogens with one attached hydrogen (secondary N) is 2. The fourth-order valence-corrected chi connectivity index (χ4v) is 10.1. The summed E-state index contributed by atoms with van der Waals surface area (Å²) in [5.41, 5.74) is 5.65. The summed E-state index contributed by atoms with van der Waals surface area (Å²) in [5, 5.41) is 15.7. The van der Waals surface area contributed by atoms with Crippen molar-refractivity contribution >= 4 is 23.8 Å². The molecule has 4 aromatic carbocycles. The molecule has 12 heteroatoms. The zero-order chi connectivity index (χ0) is 45.0. The molecule has 4 aromatic rings. The summed E-state index contributed by atoms with van der Waals surface area (Å²) in [4.78, 5) is 56.9. The van der Waals surface area contributed by atoms with Crippen molar-refractivity contribution in [3.63, 3.8) is 0 Å². The molecular formula is C52H62N4O8. The first-order chi connectivity index (χ1) is 30.8. The normalized spacial score (nSPS) is 26.3. The van der Waals surface area contributed by atoms with Crippen LogP contribution in [0.1, 0.15) is 113 Å². The molecule has 0 spiro atoms. The van der Waals surface area contributed by atoms with Gasteiger partial charge in [-0.05, 0) is 85.8 Å². The second-order valence-corrected chi connectivity index (χ2v) is 19.0. The number of carbonyl (C=O) groups is 4. The number of hydrogen-bond donors (Lipinski definition) is 3. The van der Waals surface area contributed by atoms with Crippen molar-refractivity contribution in [3.05, 3.63) is 131 Å². The molecule has 0 aromatic heterocycles. The highest BCUT2D eigenvalue weighted by Crippen LogP contribution is 2.45. The quantitative estimate of drug-likeness (QED) is 0.120. The van der Waals surface area contributed by atoms with Gasteiger partial charge < -0.3 is 30.0 Å². The summed E-state index contributed by atoms with van der Waals surface area (Å²) in [6, 6.07) is 31.9. The molecule has 1 saturated carbocycles. The molecule has 4 amide bonds. The summed E-state index contributed by atoms with van der Waals surface area (Å²) in [7, 11) is 0. The van der Waals surface area contributed by atoms with Crippen LogP contribution in [0.4, 0.5) is 4.79 Å². The van der Waals surface area contributed by atoms with Crippen LogP contribution in [0, 0.1) is 11.8 Å². The third-order valence-corrected chi connectivity index (χ3v) is 13.4. The van der Waals surface area contributed by atoms with Gasteiger partial charge in [0, 0.05) is 29.6 Å². The van der Waals surface area contributed by atoms with Crippen LogP contribution >= 0.6 is 0 Å². The average molecular weight is 871 g/mol. The molecule has 3 saturated heterocycles. The van der Waals surface area contributed by atoms with Crippen LogP contribution < -0.4 is 10.6 Å². The zero-order valence-corrected chi connectivity index (χ0v) is 37.4. The van der Waals surface area contributed by atoms with Gasteiger partial charge in [-0.2, -0.15) is 0 Å². The lowest BCUT2D eigenvalue weighted by Gasteiger charge is -2.51. The SMILES string of the molecule is CC1C(CN2C(C(=O)NC(C)(C)C)CCC3CCCCC32)OC(c2ccc(-c3ccccc3CN3C(=O)CC(NC(=O)OCc4ccccc4)C3=O)cc2)OC1c1ccc(CO)cc1. The number of imide groups is 1. The minimum absolute atomic E-state index is 0.0465.